The second-order valence-electron chi connectivity index (χ2n) is 5.09. The average Bonchev–Trinajstić information content (AvgIpc) is 2.34. The molecule has 0 bridgehead atoms. The number of sulfonamides is 1. The lowest BCUT2D eigenvalue weighted by Gasteiger charge is -2.31. The minimum absolute atomic E-state index is 0.0254. The van der Waals surface area contributed by atoms with Crippen molar-refractivity contribution in [3.8, 4) is 11.8 Å². The number of hydrogen-bond donors (Lipinski definition) is 2. The Kier molecular flexibility index (Phi) is 4.81. The van der Waals surface area contributed by atoms with Crippen LogP contribution in [0.3, 0.4) is 0 Å². The summed E-state index contributed by atoms with van der Waals surface area (Å²) in [5.41, 5.74) is 0.685. The molecule has 1 unspecified atom stereocenters. The Morgan fingerprint density at radius 1 is 1.35 bits per heavy atom. The van der Waals surface area contributed by atoms with Crippen molar-refractivity contribution < 1.29 is 13.5 Å². The number of hydrogen-bond acceptors (Lipinski definition) is 3. The number of rotatable bonds is 4. The lowest BCUT2D eigenvalue weighted by atomic mass is 9.81. The van der Waals surface area contributed by atoms with Crippen molar-refractivity contribution in [2.24, 2.45) is 5.92 Å². The zero-order chi connectivity index (χ0) is 14.6. The first-order chi connectivity index (χ1) is 9.53. The summed E-state index contributed by atoms with van der Waals surface area (Å²) in [5.74, 6) is 5.72. The summed E-state index contributed by atoms with van der Waals surface area (Å²) in [6.45, 7) is 1.71. The van der Waals surface area contributed by atoms with Crippen LogP contribution in [-0.2, 0) is 10.0 Å². The zero-order valence-corrected chi connectivity index (χ0v) is 12.3. The van der Waals surface area contributed by atoms with Crippen molar-refractivity contribution in [2.45, 2.75) is 37.1 Å². The Morgan fingerprint density at radius 2 is 2.00 bits per heavy atom. The van der Waals surface area contributed by atoms with Gasteiger partial charge in [0.15, 0.2) is 0 Å². The van der Waals surface area contributed by atoms with Gasteiger partial charge < -0.3 is 5.11 Å². The minimum Gasteiger partial charge on any atom is -0.384 e. The van der Waals surface area contributed by atoms with Gasteiger partial charge in [0.25, 0.3) is 0 Å². The van der Waals surface area contributed by atoms with Gasteiger partial charge in [-0.25, -0.2) is 13.1 Å². The van der Waals surface area contributed by atoms with Gasteiger partial charge in [-0.05, 0) is 49.9 Å². The van der Waals surface area contributed by atoms with Crippen LogP contribution in [0.15, 0.2) is 29.2 Å². The average molecular weight is 293 g/mol. The van der Waals surface area contributed by atoms with E-state index in [4.69, 9.17) is 5.11 Å². The Hall–Kier alpha value is -1.35. The predicted octanol–water partition coefficient (Wildman–Crippen LogP) is 1.50. The lowest BCUT2D eigenvalue weighted by molar-refractivity contribution is 0.260. The molecule has 0 amide bonds. The topological polar surface area (TPSA) is 66.4 Å². The van der Waals surface area contributed by atoms with E-state index >= 15 is 0 Å². The van der Waals surface area contributed by atoms with Crippen LogP contribution in [0.25, 0.3) is 0 Å². The highest BCUT2D eigenvalue weighted by molar-refractivity contribution is 7.89. The van der Waals surface area contributed by atoms with E-state index in [9.17, 15) is 8.42 Å². The van der Waals surface area contributed by atoms with Crippen LogP contribution in [0.5, 0.6) is 0 Å². The molecule has 1 atom stereocenters. The molecule has 20 heavy (non-hydrogen) atoms. The number of aliphatic hydroxyl groups excluding tert-OH is 1. The SMILES string of the molecule is CC(NS(=O)(=O)c1ccc(C#CCO)cc1)C1CCC1. The van der Waals surface area contributed by atoms with E-state index in [0.29, 0.717) is 11.5 Å². The first-order valence-electron chi connectivity index (χ1n) is 6.75. The van der Waals surface area contributed by atoms with Gasteiger partial charge >= 0.3 is 0 Å². The third kappa shape index (κ3) is 3.60. The highest BCUT2D eigenvalue weighted by Crippen LogP contribution is 2.30. The van der Waals surface area contributed by atoms with Crippen molar-refractivity contribution in [1.82, 2.24) is 4.72 Å². The maximum Gasteiger partial charge on any atom is 0.240 e. The smallest absolute Gasteiger partial charge is 0.240 e. The number of nitrogens with one attached hydrogen (secondary N) is 1. The first kappa shape index (κ1) is 15.0. The van der Waals surface area contributed by atoms with Crippen molar-refractivity contribution >= 4 is 10.0 Å². The summed E-state index contributed by atoms with van der Waals surface area (Å²) in [6.07, 6.45) is 3.38. The summed E-state index contributed by atoms with van der Waals surface area (Å²) in [7, 11) is -3.47. The van der Waals surface area contributed by atoms with Crippen molar-refractivity contribution in [3.05, 3.63) is 29.8 Å². The first-order valence-corrected chi connectivity index (χ1v) is 8.23. The lowest BCUT2D eigenvalue weighted by Crippen LogP contribution is -2.40. The van der Waals surface area contributed by atoms with Crippen LogP contribution in [-0.4, -0.2) is 26.2 Å². The minimum atomic E-state index is -3.47. The van der Waals surface area contributed by atoms with Gasteiger partial charge in [0, 0.05) is 11.6 Å². The highest BCUT2D eigenvalue weighted by Gasteiger charge is 2.27. The Morgan fingerprint density at radius 3 is 2.50 bits per heavy atom. The van der Waals surface area contributed by atoms with Gasteiger partial charge in [-0.3, -0.25) is 0 Å². The third-order valence-electron chi connectivity index (χ3n) is 3.67. The van der Waals surface area contributed by atoms with Gasteiger partial charge in [0.05, 0.1) is 4.90 Å². The summed E-state index contributed by atoms with van der Waals surface area (Å²) >= 11 is 0. The van der Waals surface area contributed by atoms with E-state index < -0.39 is 10.0 Å². The molecular formula is C15H19NO3S. The van der Waals surface area contributed by atoms with Gasteiger partial charge in [0.2, 0.25) is 10.0 Å². The largest absolute Gasteiger partial charge is 0.384 e. The molecule has 1 aliphatic rings. The molecule has 108 valence electrons. The van der Waals surface area contributed by atoms with Gasteiger partial charge in [-0.15, -0.1) is 0 Å². The van der Waals surface area contributed by atoms with Gasteiger partial charge in [0.1, 0.15) is 6.61 Å². The van der Waals surface area contributed by atoms with Crippen molar-refractivity contribution in [3.63, 3.8) is 0 Å². The molecule has 0 aliphatic heterocycles. The molecule has 1 aromatic rings. The normalized spacial score (nSPS) is 16.9. The predicted molar refractivity (Wildman–Crippen MR) is 77.5 cm³/mol. The van der Waals surface area contributed by atoms with Crippen LogP contribution in [0, 0.1) is 17.8 Å². The van der Waals surface area contributed by atoms with Crippen LogP contribution in [0.4, 0.5) is 0 Å². The van der Waals surface area contributed by atoms with Crippen molar-refractivity contribution in [2.75, 3.05) is 6.61 Å². The molecule has 2 rings (SSSR count). The molecule has 1 aliphatic carbocycles. The van der Waals surface area contributed by atoms with Gasteiger partial charge in [-0.1, -0.05) is 18.3 Å². The Balaban J connectivity index is 2.08. The molecule has 0 radical (unpaired) electrons. The summed E-state index contributed by atoms with van der Waals surface area (Å²) in [5, 5.41) is 8.61. The van der Waals surface area contributed by atoms with Gasteiger partial charge in [-0.2, -0.15) is 0 Å². The van der Waals surface area contributed by atoms with Crippen LogP contribution < -0.4 is 4.72 Å². The van der Waals surface area contributed by atoms with Crippen LogP contribution in [0.2, 0.25) is 0 Å². The molecule has 0 spiro atoms. The number of aliphatic hydroxyl groups is 1. The quantitative estimate of drug-likeness (QED) is 0.827. The summed E-state index contributed by atoms with van der Waals surface area (Å²) < 4.78 is 27.2. The maximum atomic E-state index is 12.2. The Bertz CT molecular complexity index is 607. The second-order valence-corrected chi connectivity index (χ2v) is 6.80. The van der Waals surface area contributed by atoms with Crippen LogP contribution >= 0.6 is 0 Å². The molecule has 0 heterocycles. The molecule has 1 fully saturated rings. The monoisotopic (exact) mass is 293 g/mol. The van der Waals surface area contributed by atoms with E-state index in [1.807, 2.05) is 6.92 Å². The van der Waals surface area contributed by atoms with E-state index in [1.165, 1.54) is 18.6 Å². The molecule has 1 saturated carbocycles. The molecule has 0 saturated heterocycles. The highest BCUT2D eigenvalue weighted by atomic mass is 32.2. The van der Waals surface area contributed by atoms with E-state index in [-0.39, 0.29) is 17.5 Å². The molecule has 0 aromatic heterocycles. The summed E-state index contributed by atoms with van der Waals surface area (Å²) in [4.78, 5) is 0.248. The standard InChI is InChI=1S/C15H19NO3S/c1-12(14-5-2-6-14)16-20(18,19)15-9-7-13(8-10-15)4-3-11-17/h7-10,12,14,16-17H,2,5-6,11H2,1H3. The third-order valence-corrected chi connectivity index (χ3v) is 5.25. The molecule has 5 heteroatoms. The molecule has 1 aromatic carbocycles. The fraction of sp³-hybridized carbons (Fsp3) is 0.467. The fourth-order valence-corrected chi connectivity index (χ4v) is 3.52. The maximum absolute atomic E-state index is 12.2. The van der Waals surface area contributed by atoms with Crippen LogP contribution in [0.1, 0.15) is 31.7 Å². The van der Waals surface area contributed by atoms with E-state index in [0.717, 1.165) is 12.8 Å². The second kappa shape index (κ2) is 6.40. The fourth-order valence-electron chi connectivity index (χ4n) is 2.21. The molecule has 2 N–H and O–H groups in total. The summed E-state index contributed by atoms with van der Waals surface area (Å²) in [6, 6.07) is 6.34. The van der Waals surface area contributed by atoms with E-state index in [1.54, 1.807) is 12.1 Å². The number of benzene rings is 1. The van der Waals surface area contributed by atoms with Crippen molar-refractivity contribution in [1.29, 1.82) is 0 Å². The van der Waals surface area contributed by atoms with E-state index in [2.05, 4.69) is 16.6 Å². The Labute approximate surface area is 120 Å². The molecule has 4 nitrogen and oxygen atoms in total. The zero-order valence-electron chi connectivity index (χ0n) is 11.5. The molecular weight excluding hydrogens is 274 g/mol.